The Morgan fingerprint density at radius 1 is 1.08 bits per heavy atom. The molecule has 2 aromatic carbocycles. The molecule has 2 aromatic rings. The molecule has 0 radical (unpaired) electrons. The number of hydrogen-bond donors (Lipinski definition) is 2. The van der Waals surface area contributed by atoms with Gasteiger partial charge in [-0.3, -0.25) is 9.59 Å². The number of carbonyl (C=O) groups excluding carboxylic acids is 2. The third kappa shape index (κ3) is 4.97. The molecule has 0 aliphatic rings. The van der Waals surface area contributed by atoms with E-state index in [1.165, 1.54) is 31.5 Å². The average molecular weight is 366 g/mol. The van der Waals surface area contributed by atoms with Gasteiger partial charge in [-0.25, -0.2) is 5.43 Å². The Bertz CT molecular complexity index is 774. The fourth-order valence-electron chi connectivity index (χ4n) is 1.80. The van der Waals surface area contributed by atoms with E-state index in [0.29, 0.717) is 27.0 Å². The molecule has 0 aliphatic heterocycles. The summed E-state index contributed by atoms with van der Waals surface area (Å²) in [6.07, 6.45) is 1.38. The number of benzene rings is 2. The molecule has 2 rings (SSSR count). The summed E-state index contributed by atoms with van der Waals surface area (Å²) in [5, 5.41) is 6.79. The molecule has 0 aromatic heterocycles. The lowest BCUT2D eigenvalue weighted by molar-refractivity contribution is -0.136. The van der Waals surface area contributed by atoms with Gasteiger partial charge in [0.05, 0.1) is 13.3 Å². The number of nitrogens with one attached hydrogen (secondary N) is 2. The van der Waals surface area contributed by atoms with E-state index in [1.54, 1.807) is 24.3 Å². The second-order valence-electron chi connectivity index (χ2n) is 4.55. The van der Waals surface area contributed by atoms with Crippen LogP contribution in [-0.2, 0) is 9.59 Å². The summed E-state index contributed by atoms with van der Waals surface area (Å²) >= 11 is 11.6. The Hall–Kier alpha value is -2.57. The second-order valence-corrected chi connectivity index (χ2v) is 5.43. The van der Waals surface area contributed by atoms with Gasteiger partial charge >= 0.3 is 11.8 Å². The number of halogens is 2. The Balaban J connectivity index is 1.96. The molecular weight excluding hydrogens is 353 g/mol. The zero-order chi connectivity index (χ0) is 17.5. The van der Waals surface area contributed by atoms with Crippen molar-refractivity contribution in [3.8, 4) is 5.75 Å². The van der Waals surface area contributed by atoms with E-state index in [2.05, 4.69) is 15.8 Å². The van der Waals surface area contributed by atoms with E-state index in [9.17, 15) is 9.59 Å². The van der Waals surface area contributed by atoms with E-state index in [1.807, 2.05) is 0 Å². The van der Waals surface area contributed by atoms with Crippen molar-refractivity contribution in [2.45, 2.75) is 0 Å². The molecule has 0 saturated carbocycles. The van der Waals surface area contributed by atoms with Crippen molar-refractivity contribution in [1.29, 1.82) is 0 Å². The van der Waals surface area contributed by atoms with Gasteiger partial charge in [-0.05, 0) is 30.3 Å². The highest BCUT2D eigenvalue weighted by molar-refractivity contribution is 6.40. The van der Waals surface area contributed by atoms with Crippen molar-refractivity contribution in [2.75, 3.05) is 12.4 Å². The fraction of sp³-hybridized carbons (Fsp3) is 0.0625. The molecule has 124 valence electrons. The number of nitrogens with zero attached hydrogens (tertiary/aromatic N) is 1. The van der Waals surface area contributed by atoms with Crippen molar-refractivity contribution < 1.29 is 14.3 Å². The second kappa shape index (κ2) is 8.33. The predicted octanol–water partition coefficient (Wildman–Crippen LogP) is 3.09. The molecule has 2 amide bonds. The van der Waals surface area contributed by atoms with Crippen LogP contribution in [0.5, 0.6) is 5.75 Å². The Labute approximate surface area is 148 Å². The summed E-state index contributed by atoms with van der Waals surface area (Å²) in [7, 11) is 1.52. The van der Waals surface area contributed by atoms with E-state index in [-0.39, 0.29) is 0 Å². The van der Waals surface area contributed by atoms with Crippen molar-refractivity contribution in [3.05, 3.63) is 58.1 Å². The Morgan fingerprint density at radius 3 is 2.42 bits per heavy atom. The first-order chi connectivity index (χ1) is 11.5. The first-order valence-corrected chi connectivity index (χ1v) is 7.48. The van der Waals surface area contributed by atoms with Gasteiger partial charge in [-0.2, -0.15) is 5.10 Å². The summed E-state index contributed by atoms with van der Waals surface area (Å²) in [5.41, 5.74) is 3.09. The van der Waals surface area contributed by atoms with Crippen LogP contribution in [-0.4, -0.2) is 25.1 Å². The molecule has 6 nitrogen and oxygen atoms in total. The van der Waals surface area contributed by atoms with Crippen molar-refractivity contribution in [3.63, 3.8) is 0 Å². The molecular formula is C16H13Cl2N3O3. The van der Waals surface area contributed by atoms with Gasteiger partial charge < -0.3 is 10.1 Å². The smallest absolute Gasteiger partial charge is 0.329 e. The van der Waals surface area contributed by atoms with Crippen LogP contribution >= 0.6 is 23.2 Å². The van der Waals surface area contributed by atoms with Crippen LogP contribution < -0.4 is 15.5 Å². The van der Waals surface area contributed by atoms with Crippen LogP contribution in [0.2, 0.25) is 10.0 Å². The number of ether oxygens (including phenoxy) is 1. The van der Waals surface area contributed by atoms with Gasteiger partial charge in [0.1, 0.15) is 5.75 Å². The van der Waals surface area contributed by atoms with E-state index in [4.69, 9.17) is 27.9 Å². The molecule has 0 heterocycles. The van der Waals surface area contributed by atoms with Gasteiger partial charge in [0, 0.05) is 21.3 Å². The number of methoxy groups -OCH3 is 1. The summed E-state index contributed by atoms with van der Waals surface area (Å²) in [5.74, 6) is -1.24. The van der Waals surface area contributed by atoms with Crippen LogP contribution in [0.4, 0.5) is 5.69 Å². The highest BCUT2D eigenvalue weighted by atomic mass is 35.5. The number of rotatable bonds is 4. The average Bonchev–Trinajstić information content (AvgIpc) is 2.54. The quantitative estimate of drug-likeness (QED) is 0.496. The van der Waals surface area contributed by atoms with Crippen LogP contribution in [0.3, 0.4) is 0 Å². The normalized spacial score (nSPS) is 10.5. The molecule has 0 aliphatic carbocycles. The number of amides is 2. The topological polar surface area (TPSA) is 79.8 Å². The largest absolute Gasteiger partial charge is 0.496 e. The summed E-state index contributed by atoms with van der Waals surface area (Å²) < 4.78 is 5.14. The lowest BCUT2D eigenvalue weighted by Crippen LogP contribution is -2.32. The standard InChI is InChI=1S/C16H13Cl2N3O3/c1-24-14-5-3-2-4-10(14)9-19-21-16(23)15(22)20-13-7-11(17)6-12(18)8-13/h2-9H,1H3,(H,20,22)(H,21,23)/b19-9-. The monoisotopic (exact) mass is 365 g/mol. The molecule has 0 unspecified atom stereocenters. The number of para-hydroxylation sites is 1. The van der Waals surface area contributed by atoms with E-state index in [0.717, 1.165) is 0 Å². The number of carbonyl (C=O) groups is 2. The molecule has 0 saturated heterocycles. The minimum Gasteiger partial charge on any atom is -0.496 e. The number of hydrogen-bond acceptors (Lipinski definition) is 4. The zero-order valence-corrected chi connectivity index (χ0v) is 14.1. The molecule has 0 atom stereocenters. The molecule has 0 bridgehead atoms. The minimum atomic E-state index is -0.933. The van der Waals surface area contributed by atoms with Crippen LogP contribution in [0.15, 0.2) is 47.6 Å². The van der Waals surface area contributed by atoms with Gasteiger partial charge in [-0.1, -0.05) is 35.3 Å². The van der Waals surface area contributed by atoms with Crippen molar-refractivity contribution in [1.82, 2.24) is 5.43 Å². The van der Waals surface area contributed by atoms with Gasteiger partial charge in [0.25, 0.3) is 0 Å². The first-order valence-electron chi connectivity index (χ1n) is 6.73. The summed E-state index contributed by atoms with van der Waals surface area (Å²) in [6.45, 7) is 0. The van der Waals surface area contributed by atoms with Crippen LogP contribution in [0.1, 0.15) is 5.56 Å². The van der Waals surface area contributed by atoms with Crippen molar-refractivity contribution >= 4 is 46.9 Å². The first kappa shape index (κ1) is 17.8. The van der Waals surface area contributed by atoms with Gasteiger partial charge in [-0.15, -0.1) is 0 Å². The van der Waals surface area contributed by atoms with E-state index >= 15 is 0 Å². The van der Waals surface area contributed by atoms with Crippen LogP contribution in [0, 0.1) is 0 Å². The molecule has 2 N–H and O–H groups in total. The highest BCUT2D eigenvalue weighted by Crippen LogP contribution is 2.22. The Kier molecular flexibility index (Phi) is 6.17. The lowest BCUT2D eigenvalue weighted by atomic mass is 10.2. The van der Waals surface area contributed by atoms with E-state index < -0.39 is 11.8 Å². The lowest BCUT2D eigenvalue weighted by Gasteiger charge is -2.05. The number of anilines is 1. The minimum absolute atomic E-state index is 0.307. The maximum absolute atomic E-state index is 11.8. The highest BCUT2D eigenvalue weighted by Gasteiger charge is 2.13. The molecule has 8 heteroatoms. The Morgan fingerprint density at radius 2 is 1.75 bits per heavy atom. The molecule has 0 fully saturated rings. The third-order valence-corrected chi connectivity index (χ3v) is 3.27. The maximum Gasteiger partial charge on any atom is 0.329 e. The molecule has 0 spiro atoms. The third-order valence-electron chi connectivity index (χ3n) is 2.84. The zero-order valence-electron chi connectivity index (χ0n) is 12.5. The predicted molar refractivity (Wildman–Crippen MR) is 93.8 cm³/mol. The molecule has 24 heavy (non-hydrogen) atoms. The summed E-state index contributed by atoms with van der Waals surface area (Å²) in [4.78, 5) is 23.5. The number of hydrazone groups is 1. The fourth-order valence-corrected chi connectivity index (χ4v) is 2.32. The van der Waals surface area contributed by atoms with Crippen molar-refractivity contribution in [2.24, 2.45) is 5.10 Å². The SMILES string of the molecule is COc1ccccc1/C=N\NC(=O)C(=O)Nc1cc(Cl)cc(Cl)c1. The summed E-state index contributed by atoms with van der Waals surface area (Å²) in [6, 6.07) is 11.5. The van der Waals surface area contributed by atoms with Crippen LogP contribution in [0.25, 0.3) is 0 Å². The maximum atomic E-state index is 11.8. The van der Waals surface area contributed by atoms with Gasteiger partial charge in [0.15, 0.2) is 0 Å². The van der Waals surface area contributed by atoms with Gasteiger partial charge in [0.2, 0.25) is 0 Å².